The summed E-state index contributed by atoms with van der Waals surface area (Å²) in [6.07, 6.45) is 2.22. The molecule has 1 atom stereocenters. The molecule has 60 valence electrons. The number of aryl methyl sites for hydroxylation is 1. The molecule has 0 aliphatic carbocycles. The van der Waals surface area contributed by atoms with Crippen molar-refractivity contribution in [3.05, 3.63) is 29.6 Å². The van der Waals surface area contributed by atoms with Crippen LogP contribution in [-0.2, 0) is 6.42 Å². The lowest BCUT2D eigenvalue weighted by atomic mass is 10.1. The van der Waals surface area contributed by atoms with Crippen molar-refractivity contribution in [1.29, 1.82) is 0 Å². The number of aliphatic hydroxyl groups excluding tert-OH is 1. The highest BCUT2D eigenvalue weighted by Gasteiger charge is 1.97. The molecule has 0 saturated carbocycles. The third-order valence-electron chi connectivity index (χ3n) is 1.50. The van der Waals surface area contributed by atoms with E-state index in [1.54, 1.807) is 6.92 Å². The summed E-state index contributed by atoms with van der Waals surface area (Å²) in [5.74, 6) is 0. The molecule has 1 rings (SSSR count). The summed E-state index contributed by atoms with van der Waals surface area (Å²) in [5.41, 5.74) is 2.10. The zero-order valence-corrected chi connectivity index (χ0v) is 6.91. The van der Waals surface area contributed by atoms with Gasteiger partial charge in [0.05, 0.1) is 6.10 Å². The molecule has 1 aromatic rings. The van der Waals surface area contributed by atoms with Gasteiger partial charge < -0.3 is 5.11 Å². The summed E-state index contributed by atoms with van der Waals surface area (Å²) in [7, 11) is 0. The van der Waals surface area contributed by atoms with Crippen LogP contribution in [0, 0.1) is 6.92 Å². The monoisotopic (exact) mass is 151 g/mol. The van der Waals surface area contributed by atoms with Gasteiger partial charge in [-0.25, -0.2) is 0 Å². The molecule has 1 aromatic heterocycles. The third kappa shape index (κ3) is 2.68. The molecular formula is C9H13NO. The van der Waals surface area contributed by atoms with Crippen LogP contribution in [0.3, 0.4) is 0 Å². The van der Waals surface area contributed by atoms with Crippen molar-refractivity contribution in [1.82, 2.24) is 4.98 Å². The Hall–Kier alpha value is -0.890. The number of aliphatic hydroxyl groups is 1. The van der Waals surface area contributed by atoms with Crippen molar-refractivity contribution in [2.45, 2.75) is 26.4 Å². The van der Waals surface area contributed by atoms with Gasteiger partial charge in [-0.05, 0) is 31.9 Å². The lowest BCUT2D eigenvalue weighted by molar-refractivity contribution is 0.195. The second-order valence-electron chi connectivity index (χ2n) is 2.86. The fraction of sp³-hybridized carbons (Fsp3) is 0.444. The first-order valence-electron chi connectivity index (χ1n) is 3.78. The van der Waals surface area contributed by atoms with Gasteiger partial charge in [0.15, 0.2) is 0 Å². The average Bonchev–Trinajstić information content (AvgIpc) is 1.93. The van der Waals surface area contributed by atoms with Crippen LogP contribution in [0.1, 0.15) is 18.2 Å². The molecule has 0 fully saturated rings. The Kier molecular flexibility index (Phi) is 2.60. The molecule has 1 heterocycles. The molecule has 0 amide bonds. The van der Waals surface area contributed by atoms with Crippen LogP contribution in [0.5, 0.6) is 0 Å². The fourth-order valence-electron chi connectivity index (χ4n) is 0.960. The van der Waals surface area contributed by atoms with E-state index in [2.05, 4.69) is 4.98 Å². The van der Waals surface area contributed by atoms with E-state index in [-0.39, 0.29) is 6.10 Å². The van der Waals surface area contributed by atoms with Gasteiger partial charge in [0.2, 0.25) is 0 Å². The Balaban J connectivity index is 2.66. The molecule has 2 nitrogen and oxygen atoms in total. The third-order valence-corrected chi connectivity index (χ3v) is 1.50. The maximum atomic E-state index is 9.05. The van der Waals surface area contributed by atoms with E-state index in [1.165, 1.54) is 0 Å². The smallest absolute Gasteiger partial charge is 0.0553 e. The quantitative estimate of drug-likeness (QED) is 0.691. The lowest BCUT2D eigenvalue weighted by Crippen LogP contribution is -2.04. The zero-order chi connectivity index (χ0) is 8.27. The summed E-state index contributed by atoms with van der Waals surface area (Å²) in [6, 6.07) is 3.95. The molecule has 0 aromatic carbocycles. The Bertz CT molecular complexity index is 216. The Labute approximate surface area is 66.9 Å². The maximum Gasteiger partial charge on any atom is 0.0553 e. The highest BCUT2D eigenvalue weighted by molar-refractivity contribution is 5.13. The van der Waals surface area contributed by atoms with Crippen molar-refractivity contribution >= 4 is 0 Å². The Morgan fingerprint density at radius 1 is 1.55 bits per heavy atom. The van der Waals surface area contributed by atoms with Crippen LogP contribution in [0.25, 0.3) is 0 Å². The van der Waals surface area contributed by atoms with Crippen LogP contribution in [-0.4, -0.2) is 16.2 Å². The number of hydrogen-bond donors (Lipinski definition) is 1. The number of rotatable bonds is 2. The Morgan fingerprint density at radius 3 is 2.73 bits per heavy atom. The van der Waals surface area contributed by atoms with E-state index >= 15 is 0 Å². The van der Waals surface area contributed by atoms with Gasteiger partial charge in [-0.2, -0.15) is 0 Å². The number of aromatic nitrogens is 1. The SMILES string of the molecule is Cc1ccc(C[C@H](C)O)cn1. The standard InChI is InChI=1S/C9H13NO/c1-7-3-4-9(6-10-7)5-8(2)11/h3-4,6,8,11H,5H2,1-2H3/t8-/m0/s1. The van der Waals surface area contributed by atoms with E-state index < -0.39 is 0 Å². The van der Waals surface area contributed by atoms with Crippen molar-refractivity contribution in [3.63, 3.8) is 0 Å². The fourth-order valence-corrected chi connectivity index (χ4v) is 0.960. The molecular weight excluding hydrogens is 138 g/mol. The van der Waals surface area contributed by atoms with Gasteiger partial charge in [0, 0.05) is 11.9 Å². The highest BCUT2D eigenvalue weighted by Crippen LogP contribution is 2.02. The topological polar surface area (TPSA) is 33.1 Å². The van der Waals surface area contributed by atoms with Gasteiger partial charge in [-0.15, -0.1) is 0 Å². The minimum absolute atomic E-state index is 0.278. The predicted molar refractivity (Wildman–Crippen MR) is 44.4 cm³/mol. The first-order valence-corrected chi connectivity index (χ1v) is 3.78. The molecule has 0 radical (unpaired) electrons. The van der Waals surface area contributed by atoms with E-state index in [0.29, 0.717) is 6.42 Å². The van der Waals surface area contributed by atoms with Crippen LogP contribution in [0.2, 0.25) is 0 Å². The second-order valence-corrected chi connectivity index (χ2v) is 2.86. The first-order chi connectivity index (χ1) is 5.18. The maximum absolute atomic E-state index is 9.05. The van der Waals surface area contributed by atoms with Crippen molar-refractivity contribution in [3.8, 4) is 0 Å². The largest absolute Gasteiger partial charge is 0.393 e. The summed E-state index contributed by atoms with van der Waals surface area (Å²) in [6.45, 7) is 3.73. The van der Waals surface area contributed by atoms with Crippen molar-refractivity contribution in [2.75, 3.05) is 0 Å². The first kappa shape index (κ1) is 8.21. The van der Waals surface area contributed by atoms with E-state index in [9.17, 15) is 0 Å². The van der Waals surface area contributed by atoms with Gasteiger partial charge in [0.25, 0.3) is 0 Å². The summed E-state index contributed by atoms with van der Waals surface area (Å²) in [5, 5.41) is 9.05. The summed E-state index contributed by atoms with van der Waals surface area (Å²) < 4.78 is 0. The molecule has 0 bridgehead atoms. The Morgan fingerprint density at radius 2 is 2.27 bits per heavy atom. The van der Waals surface area contributed by atoms with Crippen LogP contribution < -0.4 is 0 Å². The molecule has 0 aliphatic rings. The second kappa shape index (κ2) is 3.49. The average molecular weight is 151 g/mol. The van der Waals surface area contributed by atoms with Gasteiger partial charge in [0.1, 0.15) is 0 Å². The summed E-state index contributed by atoms with van der Waals surface area (Å²) in [4.78, 5) is 4.12. The predicted octanol–water partition coefficient (Wildman–Crippen LogP) is 1.31. The van der Waals surface area contributed by atoms with Crippen molar-refractivity contribution in [2.24, 2.45) is 0 Å². The zero-order valence-electron chi connectivity index (χ0n) is 6.91. The number of hydrogen-bond acceptors (Lipinski definition) is 2. The normalized spacial score (nSPS) is 13.0. The van der Waals surface area contributed by atoms with Crippen LogP contribution >= 0.6 is 0 Å². The molecule has 2 heteroatoms. The highest BCUT2D eigenvalue weighted by atomic mass is 16.3. The van der Waals surface area contributed by atoms with E-state index in [0.717, 1.165) is 11.3 Å². The minimum atomic E-state index is -0.278. The number of nitrogens with zero attached hydrogens (tertiary/aromatic N) is 1. The molecule has 1 N–H and O–H groups in total. The summed E-state index contributed by atoms with van der Waals surface area (Å²) >= 11 is 0. The van der Waals surface area contributed by atoms with E-state index in [4.69, 9.17) is 5.11 Å². The van der Waals surface area contributed by atoms with Crippen LogP contribution in [0.4, 0.5) is 0 Å². The van der Waals surface area contributed by atoms with Gasteiger partial charge in [-0.1, -0.05) is 6.07 Å². The van der Waals surface area contributed by atoms with Gasteiger partial charge in [-0.3, -0.25) is 4.98 Å². The van der Waals surface area contributed by atoms with Gasteiger partial charge >= 0.3 is 0 Å². The molecule has 0 saturated heterocycles. The lowest BCUT2D eigenvalue weighted by Gasteiger charge is -2.02. The molecule has 0 spiro atoms. The number of pyridine rings is 1. The molecule has 0 aliphatic heterocycles. The molecule has 11 heavy (non-hydrogen) atoms. The van der Waals surface area contributed by atoms with Crippen LogP contribution in [0.15, 0.2) is 18.3 Å². The molecule has 0 unspecified atom stereocenters. The van der Waals surface area contributed by atoms with E-state index in [1.807, 2.05) is 25.3 Å². The minimum Gasteiger partial charge on any atom is -0.393 e. The van der Waals surface area contributed by atoms with Crippen molar-refractivity contribution < 1.29 is 5.11 Å².